The van der Waals surface area contributed by atoms with Gasteiger partial charge in [0.1, 0.15) is 0 Å². The molecule has 0 amide bonds. The molecule has 2 rings (SSSR count). The molecule has 0 saturated carbocycles. The van der Waals surface area contributed by atoms with Gasteiger partial charge in [-0.05, 0) is 58.7 Å². The average Bonchev–Trinajstić information content (AvgIpc) is 2.80. The molecule has 1 heterocycles. The van der Waals surface area contributed by atoms with Gasteiger partial charge in [0.15, 0.2) is 0 Å². The first-order valence-electron chi connectivity index (χ1n) is 6.93. The number of allylic oxidation sites excluding steroid dienone is 3. The van der Waals surface area contributed by atoms with E-state index in [0.29, 0.717) is 0 Å². The fourth-order valence-corrected chi connectivity index (χ4v) is 4.14. The Morgan fingerprint density at radius 3 is 2.53 bits per heavy atom. The monoisotopic (exact) mass is 246 g/mol. The van der Waals surface area contributed by atoms with Crippen LogP contribution in [0.5, 0.6) is 0 Å². The van der Waals surface area contributed by atoms with E-state index in [9.17, 15) is 0 Å². The highest BCUT2D eigenvalue weighted by Crippen LogP contribution is 2.44. The van der Waals surface area contributed by atoms with Gasteiger partial charge in [0.25, 0.3) is 0 Å². The topological polar surface area (TPSA) is 0 Å². The van der Waals surface area contributed by atoms with Crippen LogP contribution in [0, 0.1) is 0 Å². The lowest BCUT2D eigenvalue weighted by atomic mass is 10.00. The fourth-order valence-electron chi connectivity index (χ4n) is 2.62. The van der Waals surface area contributed by atoms with E-state index in [1.165, 1.54) is 25.7 Å². The zero-order valence-corrected chi connectivity index (χ0v) is 12.3. The van der Waals surface area contributed by atoms with Gasteiger partial charge in [-0.3, -0.25) is 0 Å². The molecule has 0 fully saturated rings. The maximum atomic E-state index is 2.47. The van der Waals surface area contributed by atoms with Crippen LogP contribution in [0.2, 0.25) is 0 Å². The third-order valence-electron chi connectivity index (χ3n) is 3.31. The number of aryl methyl sites for hydroxylation is 1. The van der Waals surface area contributed by atoms with Gasteiger partial charge in [-0.25, -0.2) is 0 Å². The molecule has 1 aromatic rings. The lowest BCUT2D eigenvalue weighted by Crippen LogP contribution is -1.84. The highest BCUT2D eigenvalue weighted by atomic mass is 31.0. The van der Waals surface area contributed by atoms with Gasteiger partial charge in [-0.2, -0.15) is 0 Å². The van der Waals surface area contributed by atoms with Gasteiger partial charge < -0.3 is 0 Å². The van der Waals surface area contributed by atoms with E-state index in [2.05, 4.69) is 39.0 Å². The van der Waals surface area contributed by atoms with Crippen molar-refractivity contribution in [1.82, 2.24) is 0 Å². The predicted octanol–water partition coefficient (Wildman–Crippen LogP) is 5.66. The molecule has 92 valence electrons. The SMILES string of the molecule is CC/C=C1/C(CCC)=Cc2[pH]c(CCC)cc21. The van der Waals surface area contributed by atoms with Gasteiger partial charge >= 0.3 is 0 Å². The van der Waals surface area contributed by atoms with Gasteiger partial charge in [0, 0.05) is 0 Å². The summed E-state index contributed by atoms with van der Waals surface area (Å²) in [5, 5.41) is 3.27. The average molecular weight is 246 g/mol. The van der Waals surface area contributed by atoms with Gasteiger partial charge in [0.05, 0.1) is 0 Å². The molecule has 0 N–H and O–H groups in total. The Hall–Kier alpha value is -0.740. The van der Waals surface area contributed by atoms with Crippen molar-refractivity contribution in [1.29, 1.82) is 0 Å². The summed E-state index contributed by atoms with van der Waals surface area (Å²) in [6, 6.07) is 2.47. The van der Waals surface area contributed by atoms with Crippen molar-refractivity contribution in [3.05, 3.63) is 33.9 Å². The Labute approximate surface area is 107 Å². The van der Waals surface area contributed by atoms with Crippen molar-refractivity contribution >= 4 is 19.8 Å². The largest absolute Gasteiger partial charge is 0.128 e. The van der Waals surface area contributed by atoms with Crippen LogP contribution in [0.15, 0.2) is 17.7 Å². The van der Waals surface area contributed by atoms with Crippen LogP contribution in [-0.2, 0) is 6.42 Å². The van der Waals surface area contributed by atoms with Crippen molar-refractivity contribution in [2.24, 2.45) is 0 Å². The molecular weight excluding hydrogens is 223 g/mol. The maximum Gasteiger partial charge on any atom is -0.000660 e. The number of rotatable bonds is 5. The van der Waals surface area contributed by atoms with Gasteiger partial charge in [0.2, 0.25) is 0 Å². The van der Waals surface area contributed by atoms with Crippen molar-refractivity contribution in [2.75, 3.05) is 0 Å². The van der Waals surface area contributed by atoms with Crippen LogP contribution in [0.25, 0.3) is 11.6 Å². The lowest BCUT2D eigenvalue weighted by Gasteiger charge is -2.05. The normalized spacial score (nSPS) is 16.9. The van der Waals surface area contributed by atoms with Crippen LogP contribution in [-0.4, -0.2) is 0 Å². The molecule has 0 nitrogen and oxygen atoms in total. The second-order valence-corrected chi connectivity index (χ2v) is 6.25. The van der Waals surface area contributed by atoms with Crippen molar-refractivity contribution in [3.8, 4) is 0 Å². The molecule has 0 aromatic carbocycles. The Kier molecular flexibility index (Phi) is 4.29. The zero-order valence-electron chi connectivity index (χ0n) is 11.3. The van der Waals surface area contributed by atoms with Crippen LogP contribution in [0.4, 0.5) is 0 Å². The minimum Gasteiger partial charge on any atom is -0.128 e. The molecule has 0 bridgehead atoms. The minimum absolute atomic E-state index is 0.945. The molecule has 0 saturated heterocycles. The van der Waals surface area contributed by atoms with E-state index < -0.39 is 0 Å². The highest BCUT2D eigenvalue weighted by molar-refractivity contribution is 7.33. The van der Waals surface area contributed by atoms with Crippen molar-refractivity contribution < 1.29 is 0 Å². The summed E-state index contributed by atoms with van der Waals surface area (Å²) < 4.78 is 0. The number of fused-ring (bicyclic) bond motifs is 1. The first-order valence-corrected chi connectivity index (χ1v) is 7.93. The Morgan fingerprint density at radius 1 is 1.12 bits per heavy atom. The minimum atomic E-state index is 0.945. The third-order valence-corrected chi connectivity index (χ3v) is 4.70. The number of hydrogen-bond acceptors (Lipinski definition) is 0. The second-order valence-electron chi connectivity index (χ2n) is 4.82. The van der Waals surface area contributed by atoms with E-state index in [4.69, 9.17) is 0 Å². The summed E-state index contributed by atoms with van der Waals surface area (Å²) in [6.45, 7) is 6.79. The van der Waals surface area contributed by atoms with Gasteiger partial charge in [-0.15, -0.1) is 8.19 Å². The van der Waals surface area contributed by atoms with Crippen LogP contribution in [0.1, 0.15) is 62.6 Å². The second kappa shape index (κ2) is 5.74. The molecule has 0 radical (unpaired) electrons. The quantitative estimate of drug-likeness (QED) is 0.628. The van der Waals surface area contributed by atoms with Crippen LogP contribution >= 0.6 is 8.19 Å². The summed E-state index contributed by atoms with van der Waals surface area (Å²) in [6.07, 6.45) is 11.1. The number of hydrogen-bond donors (Lipinski definition) is 0. The third kappa shape index (κ3) is 2.58. The standard InChI is InChI=1S/C16H23P/c1-4-7-12-10-16-15(14(12)9-6-3)11-13(17-16)8-5-2/h9-11,17H,4-8H2,1-3H3/b14-9-. The maximum absolute atomic E-state index is 2.47. The van der Waals surface area contributed by atoms with Crippen molar-refractivity contribution in [3.63, 3.8) is 0 Å². The van der Waals surface area contributed by atoms with E-state index >= 15 is 0 Å². The summed E-state index contributed by atoms with van der Waals surface area (Å²) in [4.78, 5) is 0. The Morgan fingerprint density at radius 2 is 1.88 bits per heavy atom. The van der Waals surface area contributed by atoms with Gasteiger partial charge in [-0.1, -0.05) is 39.7 Å². The molecule has 1 aromatic heterocycles. The first kappa shape index (κ1) is 12.7. The van der Waals surface area contributed by atoms with E-state index in [1.54, 1.807) is 27.3 Å². The summed E-state index contributed by atoms with van der Waals surface area (Å²) in [7, 11) is 0.945. The molecule has 1 aliphatic carbocycles. The zero-order chi connectivity index (χ0) is 12.3. The van der Waals surface area contributed by atoms with E-state index in [-0.39, 0.29) is 0 Å². The summed E-state index contributed by atoms with van der Waals surface area (Å²) in [5.41, 5.74) is 4.68. The Balaban J connectivity index is 2.33. The molecule has 1 aliphatic rings. The predicted molar refractivity (Wildman–Crippen MR) is 81.1 cm³/mol. The first-order chi connectivity index (χ1) is 8.30. The molecule has 1 atom stereocenters. The highest BCUT2D eigenvalue weighted by Gasteiger charge is 2.19. The van der Waals surface area contributed by atoms with Crippen LogP contribution in [0.3, 0.4) is 0 Å². The van der Waals surface area contributed by atoms with E-state index in [1.807, 2.05) is 0 Å². The van der Waals surface area contributed by atoms with Crippen molar-refractivity contribution in [2.45, 2.75) is 52.9 Å². The summed E-state index contributed by atoms with van der Waals surface area (Å²) >= 11 is 0. The molecular formula is C16H23P. The lowest BCUT2D eigenvalue weighted by molar-refractivity contribution is 0.934. The molecule has 17 heavy (non-hydrogen) atoms. The Bertz CT molecular complexity index is 446. The fraction of sp³-hybridized carbons (Fsp3) is 0.500. The smallest absolute Gasteiger partial charge is 0.000660 e. The molecule has 0 spiro atoms. The molecule has 0 aliphatic heterocycles. The van der Waals surface area contributed by atoms with Crippen LogP contribution < -0.4 is 0 Å². The van der Waals surface area contributed by atoms with E-state index in [0.717, 1.165) is 14.6 Å². The summed E-state index contributed by atoms with van der Waals surface area (Å²) in [5.74, 6) is 0. The molecule has 1 heteroatoms. The molecule has 1 unspecified atom stereocenters.